The third kappa shape index (κ3) is 6.37. The Morgan fingerprint density at radius 2 is 1.76 bits per heavy atom. The zero-order valence-electron chi connectivity index (χ0n) is 31.8. The normalized spacial score (nSPS) is 24.8. The van der Waals surface area contributed by atoms with Gasteiger partial charge in [-0.2, -0.15) is 0 Å². The number of nitrogens with zero attached hydrogens (tertiary/aromatic N) is 3. The predicted octanol–water partition coefficient (Wildman–Crippen LogP) is 6.57. The molecule has 9 nitrogen and oxygen atoms in total. The molecule has 4 heterocycles. The fraction of sp³-hybridized carbons (Fsp3) is 0.386. The zero-order chi connectivity index (χ0) is 38.6. The maximum Gasteiger partial charge on any atom is 0.264 e. The van der Waals surface area contributed by atoms with Gasteiger partial charge in [0.1, 0.15) is 5.75 Å². The first-order valence-electron chi connectivity index (χ1n) is 19.3. The topological polar surface area (TPSA) is 99.6 Å². The van der Waals surface area contributed by atoms with Crippen molar-refractivity contribution < 1.29 is 29.0 Å². The van der Waals surface area contributed by atoms with E-state index in [0.29, 0.717) is 36.5 Å². The predicted molar refractivity (Wildman–Crippen MR) is 216 cm³/mol. The summed E-state index contributed by atoms with van der Waals surface area (Å²) in [6.45, 7) is 7.92. The van der Waals surface area contributed by atoms with Gasteiger partial charge < -0.3 is 29.3 Å². The van der Waals surface area contributed by atoms with Crippen LogP contribution in [0.5, 0.6) is 5.75 Å². The summed E-state index contributed by atoms with van der Waals surface area (Å²) in [4.78, 5) is 47.9. The largest absolute Gasteiger partial charge is 0.497 e. The molecule has 4 aromatic carbocycles. The highest BCUT2D eigenvalue weighted by Crippen LogP contribution is 2.60. The highest BCUT2D eigenvalue weighted by molar-refractivity contribution is 6.91. The van der Waals surface area contributed by atoms with Crippen LogP contribution in [0.2, 0.25) is 23.7 Å². The molecule has 1 N–H and O–H groups in total. The number of hydrogen-bond acceptors (Lipinski definition) is 6. The Kier molecular flexibility index (Phi) is 9.90. The van der Waals surface area contributed by atoms with E-state index in [9.17, 15) is 14.7 Å². The third-order valence-electron chi connectivity index (χ3n) is 12.7. The van der Waals surface area contributed by atoms with Crippen LogP contribution in [0.25, 0.3) is 0 Å². The fourth-order valence-electron chi connectivity index (χ4n) is 9.90. The van der Waals surface area contributed by atoms with Crippen molar-refractivity contribution in [1.82, 2.24) is 4.90 Å². The van der Waals surface area contributed by atoms with Crippen molar-refractivity contribution in [3.8, 4) is 5.75 Å². The number of ether oxygens (including phenoxy) is 2. The van der Waals surface area contributed by atoms with Crippen LogP contribution in [-0.2, 0) is 44.2 Å². The molecule has 8 rings (SSSR count). The Morgan fingerprint density at radius 3 is 2.47 bits per heavy atom. The van der Waals surface area contributed by atoms with Crippen LogP contribution < -0.4 is 19.7 Å². The highest BCUT2D eigenvalue weighted by Gasteiger charge is 2.66. The van der Waals surface area contributed by atoms with Crippen LogP contribution in [-0.4, -0.2) is 68.2 Å². The number of halogens is 1. The molecule has 4 aliphatic heterocycles. The number of aliphatic hydroxyl groups excluding tert-OH is 1. The monoisotopic (exact) mass is 777 g/mol. The van der Waals surface area contributed by atoms with E-state index in [0.717, 1.165) is 40.2 Å². The van der Waals surface area contributed by atoms with Crippen LogP contribution >= 0.6 is 11.6 Å². The van der Waals surface area contributed by atoms with Gasteiger partial charge in [-0.3, -0.25) is 14.4 Å². The van der Waals surface area contributed by atoms with E-state index in [2.05, 4.69) is 38.2 Å². The van der Waals surface area contributed by atoms with Crippen molar-refractivity contribution in [1.29, 1.82) is 0 Å². The molecule has 0 radical (unpaired) electrons. The molecule has 4 aromatic rings. The molecule has 1 spiro atoms. The lowest BCUT2D eigenvalue weighted by molar-refractivity contribution is -0.151. The quantitative estimate of drug-likeness (QED) is 0.193. The van der Waals surface area contributed by atoms with Crippen molar-refractivity contribution in [3.05, 3.63) is 118 Å². The fourth-order valence-corrected chi connectivity index (χ4v) is 14.1. The summed E-state index contributed by atoms with van der Waals surface area (Å²) in [6, 6.07) is 29.3. The van der Waals surface area contributed by atoms with Crippen LogP contribution in [0.15, 0.2) is 91.0 Å². The van der Waals surface area contributed by atoms with E-state index >= 15 is 4.79 Å². The number of fused-ring (bicyclic) bond motifs is 3. The van der Waals surface area contributed by atoms with E-state index in [1.807, 2.05) is 71.6 Å². The second kappa shape index (κ2) is 14.5. The Morgan fingerprint density at radius 1 is 1.00 bits per heavy atom. The molecule has 11 heteroatoms. The van der Waals surface area contributed by atoms with Gasteiger partial charge in [-0.1, -0.05) is 85.3 Å². The summed E-state index contributed by atoms with van der Waals surface area (Å²) in [6.07, 6.45) is 1.41. The van der Waals surface area contributed by atoms with Crippen molar-refractivity contribution in [3.63, 3.8) is 0 Å². The first-order chi connectivity index (χ1) is 26.5. The average Bonchev–Trinajstić information content (AvgIpc) is 3.82. The molecule has 0 saturated carbocycles. The van der Waals surface area contributed by atoms with E-state index < -0.39 is 19.8 Å². The standard InChI is InChI=1S/C44H48ClN3O6Si/c1-28-42(55(3,4)36-17-15-35(53-2)16-18-36)39(24-41(51)47-26-31-11-6-5-10-30(31)22-34(47)27-49)54-44(28)37-23-32(45)14-19-38(37)48(43(44)52)25-29-9-7-12-33(21-29)46-20-8-13-40(46)50/h5-7,9-12,14-19,21,23,28,34,39,42,49H,8,13,20,22,24-27H2,1-4H3/t28-,34-,39+,42-,44+/m0/s1. The van der Waals surface area contributed by atoms with Crippen LogP contribution in [0.4, 0.5) is 11.4 Å². The van der Waals surface area contributed by atoms with Gasteiger partial charge in [0.15, 0.2) is 5.60 Å². The summed E-state index contributed by atoms with van der Waals surface area (Å²) in [7, 11) is -0.883. The number of benzene rings is 4. The van der Waals surface area contributed by atoms with Gasteiger partial charge in [-0.15, -0.1) is 0 Å². The Balaban J connectivity index is 1.18. The summed E-state index contributed by atoms with van der Waals surface area (Å²) < 4.78 is 12.8. The first-order valence-corrected chi connectivity index (χ1v) is 22.7. The second-order valence-corrected chi connectivity index (χ2v) is 21.2. The molecular weight excluding hydrogens is 730 g/mol. The van der Waals surface area contributed by atoms with Gasteiger partial charge in [-0.05, 0) is 77.5 Å². The lowest BCUT2D eigenvalue weighted by Gasteiger charge is -2.39. The van der Waals surface area contributed by atoms with E-state index in [-0.39, 0.29) is 54.8 Å². The van der Waals surface area contributed by atoms with Crippen molar-refractivity contribution >= 4 is 54.0 Å². The van der Waals surface area contributed by atoms with Gasteiger partial charge in [-0.25, -0.2) is 0 Å². The molecule has 4 aliphatic rings. The van der Waals surface area contributed by atoms with Gasteiger partial charge in [0, 0.05) is 41.7 Å². The Hall–Kier alpha value is -4.48. The Labute approximate surface area is 328 Å². The number of hydrogen-bond donors (Lipinski definition) is 1. The molecule has 0 aromatic heterocycles. The van der Waals surface area contributed by atoms with E-state index in [4.69, 9.17) is 21.1 Å². The summed E-state index contributed by atoms with van der Waals surface area (Å²) in [5.74, 6) is 0.258. The number of carbonyl (C=O) groups excluding carboxylic acids is 3. The number of anilines is 2. The minimum atomic E-state index is -2.53. The number of rotatable bonds is 9. The summed E-state index contributed by atoms with van der Waals surface area (Å²) in [5.41, 5.74) is 3.83. The SMILES string of the molecule is COc1ccc([Si](C)(C)[C@@H]2[C@@H](CC(=O)N3Cc4ccccc4C[C@H]3CO)O[C@]3(C(=O)N(Cc4cccc(N5CCCC5=O)c4)c4ccc(Cl)cc43)[C@H]2C)cc1. The number of methoxy groups -OCH3 is 1. The smallest absolute Gasteiger partial charge is 0.264 e. The van der Waals surface area contributed by atoms with Crippen molar-refractivity contribution in [2.75, 3.05) is 30.1 Å². The van der Waals surface area contributed by atoms with Gasteiger partial charge in [0.05, 0.1) is 52.6 Å². The molecule has 2 saturated heterocycles. The first kappa shape index (κ1) is 37.4. The third-order valence-corrected chi connectivity index (χ3v) is 17.3. The van der Waals surface area contributed by atoms with Crippen LogP contribution in [0.3, 0.4) is 0 Å². The highest BCUT2D eigenvalue weighted by atomic mass is 35.5. The second-order valence-electron chi connectivity index (χ2n) is 16.1. The van der Waals surface area contributed by atoms with E-state index in [1.165, 1.54) is 5.19 Å². The van der Waals surface area contributed by atoms with E-state index in [1.54, 1.807) is 23.0 Å². The molecule has 286 valence electrons. The van der Waals surface area contributed by atoms with Crippen LogP contribution in [0.1, 0.15) is 48.4 Å². The number of amides is 3. The molecule has 0 unspecified atom stereocenters. The average molecular weight is 778 g/mol. The molecule has 5 atom stereocenters. The van der Waals surface area contributed by atoms with Gasteiger partial charge in [0.25, 0.3) is 5.91 Å². The van der Waals surface area contributed by atoms with Gasteiger partial charge in [0.2, 0.25) is 11.8 Å². The number of carbonyl (C=O) groups is 3. The van der Waals surface area contributed by atoms with Crippen molar-refractivity contribution in [2.45, 2.75) is 82.1 Å². The lowest BCUT2D eigenvalue weighted by atomic mass is 9.82. The molecule has 0 bridgehead atoms. The Bertz CT molecular complexity index is 2140. The molecule has 55 heavy (non-hydrogen) atoms. The van der Waals surface area contributed by atoms with Gasteiger partial charge >= 0.3 is 0 Å². The molecule has 2 fully saturated rings. The summed E-state index contributed by atoms with van der Waals surface area (Å²) in [5, 5.41) is 12.2. The maximum atomic E-state index is 15.3. The molecule has 3 amide bonds. The summed E-state index contributed by atoms with van der Waals surface area (Å²) >= 11 is 6.73. The van der Waals surface area contributed by atoms with Crippen LogP contribution in [0, 0.1) is 5.92 Å². The lowest BCUT2D eigenvalue weighted by Crippen LogP contribution is -2.52. The van der Waals surface area contributed by atoms with Crippen molar-refractivity contribution in [2.24, 2.45) is 5.92 Å². The molecular formula is C44H48ClN3O6Si. The minimum absolute atomic E-state index is 0.0666. The molecule has 0 aliphatic carbocycles. The maximum absolute atomic E-state index is 15.3. The zero-order valence-corrected chi connectivity index (χ0v) is 33.6. The number of aliphatic hydroxyl groups is 1. The minimum Gasteiger partial charge on any atom is -0.497 e.